The molecule has 0 N–H and O–H groups in total. The molecule has 4 heteroatoms. The van der Waals surface area contributed by atoms with Gasteiger partial charge in [-0.15, -0.1) is 0 Å². The minimum atomic E-state index is 0.198. The van der Waals surface area contributed by atoms with E-state index in [0.717, 1.165) is 4.47 Å². The van der Waals surface area contributed by atoms with E-state index in [-0.39, 0.29) is 5.54 Å². The predicted molar refractivity (Wildman–Crippen MR) is 47.8 cm³/mol. The van der Waals surface area contributed by atoms with Gasteiger partial charge in [-0.1, -0.05) is 11.6 Å². The molecule has 2 nitrogen and oxygen atoms in total. The molecule has 0 radical (unpaired) electrons. The van der Waals surface area contributed by atoms with Crippen LogP contribution < -0.4 is 0 Å². The third-order valence-corrected chi connectivity index (χ3v) is 3.33. The third kappa shape index (κ3) is 1.11. The Hall–Kier alpha value is -0.0200. The summed E-state index contributed by atoms with van der Waals surface area (Å²) in [7, 11) is 0. The fourth-order valence-electron chi connectivity index (χ4n) is 1.08. The van der Waals surface area contributed by atoms with E-state index in [0.29, 0.717) is 5.15 Å². The van der Waals surface area contributed by atoms with Crippen LogP contribution in [0.25, 0.3) is 0 Å². The van der Waals surface area contributed by atoms with Gasteiger partial charge in [-0.3, -0.25) is 0 Å². The van der Waals surface area contributed by atoms with Crippen LogP contribution in [0.15, 0.2) is 10.7 Å². The largest absolute Gasteiger partial charge is 0.247 e. The van der Waals surface area contributed by atoms with Crippen molar-refractivity contribution in [3.63, 3.8) is 0 Å². The molecule has 0 atom stereocenters. The van der Waals surface area contributed by atoms with Gasteiger partial charge in [-0.2, -0.15) is 5.10 Å². The molecule has 1 fully saturated rings. The van der Waals surface area contributed by atoms with E-state index in [9.17, 15) is 0 Å². The summed E-state index contributed by atoms with van der Waals surface area (Å²) < 4.78 is 2.77. The molecule has 1 aromatic heterocycles. The highest BCUT2D eigenvalue weighted by atomic mass is 79.9. The molecule has 1 heterocycles. The molecule has 1 saturated carbocycles. The summed E-state index contributed by atoms with van der Waals surface area (Å²) in [4.78, 5) is 0. The van der Waals surface area contributed by atoms with Gasteiger partial charge in [0.1, 0.15) is 5.15 Å². The van der Waals surface area contributed by atoms with Gasteiger partial charge in [0.15, 0.2) is 0 Å². The molecule has 60 valence electrons. The molecule has 0 unspecified atom stereocenters. The first-order chi connectivity index (χ1) is 5.13. The molecule has 0 aliphatic heterocycles. The first-order valence-corrected chi connectivity index (χ1v) is 4.70. The van der Waals surface area contributed by atoms with Crippen LogP contribution >= 0.6 is 27.5 Å². The van der Waals surface area contributed by atoms with E-state index in [4.69, 9.17) is 11.6 Å². The number of hydrogen-bond acceptors (Lipinski definition) is 1. The molecule has 0 amide bonds. The Kier molecular flexibility index (Phi) is 1.55. The lowest BCUT2D eigenvalue weighted by molar-refractivity contribution is 0.473. The fourth-order valence-corrected chi connectivity index (χ4v) is 1.64. The zero-order chi connectivity index (χ0) is 8.06. The van der Waals surface area contributed by atoms with Crippen molar-refractivity contribution in [1.29, 1.82) is 0 Å². The summed E-state index contributed by atoms with van der Waals surface area (Å²) in [5.41, 5.74) is 0.198. The van der Waals surface area contributed by atoms with E-state index in [1.54, 1.807) is 6.20 Å². The number of hydrogen-bond donors (Lipinski definition) is 0. The molecule has 0 bridgehead atoms. The van der Waals surface area contributed by atoms with Crippen LogP contribution in [-0.4, -0.2) is 9.78 Å². The summed E-state index contributed by atoms with van der Waals surface area (Å²) in [6.07, 6.45) is 4.10. The maximum atomic E-state index is 5.99. The number of aromatic nitrogens is 2. The SMILES string of the molecule is CC1(n2ncc(Br)c2Cl)CC1. The van der Waals surface area contributed by atoms with Gasteiger partial charge >= 0.3 is 0 Å². The van der Waals surface area contributed by atoms with E-state index in [2.05, 4.69) is 28.0 Å². The number of nitrogens with zero attached hydrogens (tertiary/aromatic N) is 2. The lowest BCUT2D eigenvalue weighted by Crippen LogP contribution is -2.13. The standard InChI is InChI=1S/C7H8BrClN2/c1-7(2-3-7)11-6(9)5(8)4-10-11/h4H,2-3H2,1H3. The number of rotatable bonds is 1. The van der Waals surface area contributed by atoms with Gasteiger partial charge in [0.05, 0.1) is 16.2 Å². The van der Waals surface area contributed by atoms with E-state index in [1.165, 1.54) is 12.8 Å². The molecule has 0 spiro atoms. The Labute approximate surface area is 78.7 Å². The Morgan fingerprint density at radius 2 is 2.36 bits per heavy atom. The lowest BCUT2D eigenvalue weighted by atomic mass is 10.3. The average Bonchev–Trinajstić information content (AvgIpc) is 2.60. The minimum absolute atomic E-state index is 0.198. The van der Waals surface area contributed by atoms with Crippen molar-refractivity contribution in [3.8, 4) is 0 Å². The maximum absolute atomic E-state index is 5.99. The molecular formula is C7H8BrClN2. The Balaban J connectivity index is 2.45. The second-order valence-electron chi connectivity index (χ2n) is 3.19. The number of halogens is 2. The minimum Gasteiger partial charge on any atom is -0.247 e. The smallest absolute Gasteiger partial charge is 0.141 e. The van der Waals surface area contributed by atoms with Gasteiger partial charge < -0.3 is 0 Å². The molecular weight excluding hydrogens is 227 g/mol. The van der Waals surface area contributed by atoms with Crippen molar-refractivity contribution >= 4 is 27.5 Å². The van der Waals surface area contributed by atoms with Gasteiger partial charge in [-0.25, -0.2) is 4.68 Å². The fraction of sp³-hybridized carbons (Fsp3) is 0.571. The summed E-state index contributed by atoms with van der Waals surface area (Å²) in [5, 5.41) is 4.90. The van der Waals surface area contributed by atoms with Crippen LogP contribution in [0.2, 0.25) is 5.15 Å². The van der Waals surface area contributed by atoms with Crippen molar-refractivity contribution in [1.82, 2.24) is 9.78 Å². The second-order valence-corrected chi connectivity index (χ2v) is 4.40. The Morgan fingerprint density at radius 3 is 2.73 bits per heavy atom. The van der Waals surface area contributed by atoms with Crippen LogP contribution in [0.5, 0.6) is 0 Å². The summed E-state index contributed by atoms with van der Waals surface area (Å²) in [6.45, 7) is 2.16. The molecule has 11 heavy (non-hydrogen) atoms. The summed E-state index contributed by atoms with van der Waals surface area (Å²) in [6, 6.07) is 0. The highest BCUT2D eigenvalue weighted by Crippen LogP contribution is 2.45. The molecule has 1 aliphatic rings. The van der Waals surface area contributed by atoms with Gasteiger partial charge in [0.2, 0.25) is 0 Å². The van der Waals surface area contributed by atoms with Crippen LogP contribution in [0.4, 0.5) is 0 Å². The van der Waals surface area contributed by atoms with Crippen LogP contribution in [0.3, 0.4) is 0 Å². The van der Waals surface area contributed by atoms with Crippen molar-refractivity contribution in [2.45, 2.75) is 25.3 Å². The average molecular weight is 236 g/mol. The van der Waals surface area contributed by atoms with E-state index in [1.807, 2.05) is 4.68 Å². The highest BCUT2D eigenvalue weighted by Gasteiger charge is 2.41. The van der Waals surface area contributed by atoms with Gasteiger partial charge in [0, 0.05) is 0 Å². The predicted octanol–water partition coefficient (Wildman–Crippen LogP) is 2.81. The molecule has 0 saturated heterocycles. The summed E-state index contributed by atoms with van der Waals surface area (Å²) >= 11 is 9.31. The zero-order valence-corrected chi connectivity index (χ0v) is 8.48. The molecule has 1 aromatic rings. The third-order valence-electron chi connectivity index (χ3n) is 2.15. The topological polar surface area (TPSA) is 17.8 Å². The molecule has 2 rings (SSSR count). The maximum Gasteiger partial charge on any atom is 0.141 e. The van der Waals surface area contributed by atoms with Gasteiger partial charge in [0.25, 0.3) is 0 Å². The monoisotopic (exact) mass is 234 g/mol. The summed E-state index contributed by atoms with van der Waals surface area (Å²) in [5.74, 6) is 0. The first-order valence-electron chi connectivity index (χ1n) is 3.53. The molecule has 1 aliphatic carbocycles. The normalized spacial score (nSPS) is 20.3. The van der Waals surface area contributed by atoms with Crippen LogP contribution in [-0.2, 0) is 5.54 Å². The van der Waals surface area contributed by atoms with Crippen LogP contribution in [0, 0.1) is 0 Å². The highest BCUT2D eigenvalue weighted by molar-refractivity contribution is 9.10. The van der Waals surface area contributed by atoms with Gasteiger partial charge in [-0.05, 0) is 35.7 Å². The van der Waals surface area contributed by atoms with E-state index < -0.39 is 0 Å². The Morgan fingerprint density at radius 1 is 1.73 bits per heavy atom. The zero-order valence-electron chi connectivity index (χ0n) is 6.14. The quantitative estimate of drug-likeness (QED) is 0.732. The van der Waals surface area contributed by atoms with E-state index >= 15 is 0 Å². The van der Waals surface area contributed by atoms with Crippen molar-refractivity contribution in [3.05, 3.63) is 15.8 Å². The van der Waals surface area contributed by atoms with Crippen molar-refractivity contribution in [2.75, 3.05) is 0 Å². The Bertz CT molecular complexity index is 291. The molecule has 0 aromatic carbocycles. The lowest BCUT2D eigenvalue weighted by Gasteiger charge is -2.09. The van der Waals surface area contributed by atoms with Crippen LogP contribution in [0.1, 0.15) is 19.8 Å². The second kappa shape index (κ2) is 2.23. The van der Waals surface area contributed by atoms with Crippen molar-refractivity contribution in [2.24, 2.45) is 0 Å². The first kappa shape index (κ1) is 7.62. The van der Waals surface area contributed by atoms with Crippen molar-refractivity contribution < 1.29 is 0 Å².